The lowest BCUT2D eigenvalue weighted by molar-refractivity contribution is -0.141. The number of carbonyl (C=O) groups excluding carboxylic acids is 2. The third kappa shape index (κ3) is 2.76. The Bertz CT molecular complexity index is 733. The van der Waals surface area contributed by atoms with E-state index in [9.17, 15) is 22.8 Å². The topological polar surface area (TPSA) is 68.4 Å². The number of hydrogen-bond donors (Lipinski definition) is 1. The Morgan fingerprint density at radius 2 is 1.91 bits per heavy atom. The average molecular weight is 315 g/mol. The first-order chi connectivity index (χ1) is 10.3. The summed E-state index contributed by atoms with van der Waals surface area (Å²) in [5, 5.41) is 0.0206. The van der Waals surface area contributed by atoms with E-state index in [1.165, 1.54) is 18.2 Å². The van der Waals surface area contributed by atoms with E-state index in [1.807, 2.05) is 0 Å². The van der Waals surface area contributed by atoms with Crippen molar-refractivity contribution in [3.8, 4) is 0 Å². The molecule has 0 unspecified atom stereocenters. The maximum atomic E-state index is 13.0. The second-order valence-electron chi connectivity index (χ2n) is 4.35. The highest BCUT2D eigenvalue weighted by atomic mass is 19.4. The Morgan fingerprint density at radius 3 is 2.45 bits per heavy atom. The van der Waals surface area contributed by atoms with Crippen molar-refractivity contribution in [2.45, 2.75) is 13.1 Å². The molecule has 0 atom stereocenters. The van der Waals surface area contributed by atoms with Crippen LogP contribution in [0.4, 0.5) is 13.2 Å². The van der Waals surface area contributed by atoms with Gasteiger partial charge in [-0.05, 0) is 19.1 Å². The second-order valence-corrected chi connectivity index (χ2v) is 4.35. The van der Waals surface area contributed by atoms with Crippen molar-refractivity contribution in [3.05, 3.63) is 35.0 Å². The number of aromatic nitrogens is 1. The van der Waals surface area contributed by atoms with Gasteiger partial charge in [0.2, 0.25) is 0 Å². The van der Waals surface area contributed by atoms with E-state index in [4.69, 9.17) is 4.74 Å². The zero-order valence-electron chi connectivity index (χ0n) is 11.7. The van der Waals surface area contributed by atoms with E-state index in [-0.39, 0.29) is 23.1 Å². The molecule has 0 amide bonds. The summed E-state index contributed by atoms with van der Waals surface area (Å²) in [5.41, 5.74) is -1.74. The van der Waals surface area contributed by atoms with Gasteiger partial charge in [-0.2, -0.15) is 13.2 Å². The van der Waals surface area contributed by atoms with Gasteiger partial charge in [0, 0.05) is 10.9 Å². The molecule has 1 N–H and O–H groups in total. The molecule has 2 rings (SSSR count). The molecule has 0 radical (unpaired) electrons. The Kier molecular flexibility index (Phi) is 4.11. The van der Waals surface area contributed by atoms with E-state index in [0.29, 0.717) is 0 Å². The van der Waals surface area contributed by atoms with Crippen LogP contribution in [0.15, 0.2) is 18.2 Å². The molecule has 2 aromatic rings. The quantitative estimate of drug-likeness (QED) is 0.884. The van der Waals surface area contributed by atoms with Crippen LogP contribution in [0.2, 0.25) is 0 Å². The van der Waals surface area contributed by atoms with Crippen LogP contribution < -0.4 is 0 Å². The molecule has 22 heavy (non-hydrogen) atoms. The van der Waals surface area contributed by atoms with Gasteiger partial charge in [0.05, 0.1) is 24.8 Å². The number of benzene rings is 1. The van der Waals surface area contributed by atoms with E-state index in [2.05, 4.69) is 9.72 Å². The number of carbonyl (C=O) groups is 2. The lowest BCUT2D eigenvalue weighted by Gasteiger charge is -2.06. The Hall–Kier alpha value is -2.51. The molecule has 0 spiro atoms. The number of esters is 2. The van der Waals surface area contributed by atoms with Gasteiger partial charge in [0.1, 0.15) is 5.69 Å². The molecular weight excluding hydrogens is 303 g/mol. The van der Waals surface area contributed by atoms with Crippen LogP contribution in [0.25, 0.3) is 10.9 Å². The van der Waals surface area contributed by atoms with Crippen LogP contribution in [0.5, 0.6) is 0 Å². The van der Waals surface area contributed by atoms with Gasteiger partial charge in [-0.1, -0.05) is 6.07 Å². The van der Waals surface area contributed by atoms with Gasteiger partial charge in [-0.25, -0.2) is 9.59 Å². The van der Waals surface area contributed by atoms with Crippen molar-refractivity contribution < 1.29 is 32.2 Å². The first kappa shape index (κ1) is 15.9. The highest BCUT2D eigenvalue weighted by Gasteiger charge is 2.39. The van der Waals surface area contributed by atoms with E-state index >= 15 is 0 Å². The van der Waals surface area contributed by atoms with Crippen molar-refractivity contribution >= 4 is 22.8 Å². The van der Waals surface area contributed by atoms with Crippen LogP contribution in [0.3, 0.4) is 0 Å². The van der Waals surface area contributed by atoms with Crippen molar-refractivity contribution in [3.63, 3.8) is 0 Å². The highest BCUT2D eigenvalue weighted by Crippen LogP contribution is 2.36. The molecule has 0 aliphatic heterocycles. The largest absolute Gasteiger partial charge is 0.465 e. The zero-order valence-corrected chi connectivity index (χ0v) is 11.7. The summed E-state index contributed by atoms with van der Waals surface area (Å²) in [6.07, 6.45) is -4.76. The molecule has 5 nitrogen and oxygen atoms in total. The number of aromatic amines is 1. The molecule has 0 aliphatic rings. The lowest BCUT2D eigenvalue weighted by atomic mass is 10.1. The number of H-pyrrole nitrogens is 1. The molecule has 1 aromatic carbocycles. The highest BCUT2D eigenvalue weighted by molar-refractivity contribution is 6.07. The molecule has 0 bridgehead atoms. The third-order valence-electron chi connectivity index (χ3n) is 2.98. The van der Waals surface area contributed by atoms with Crippen LogP contribution in [0, 0.1) is 0 Å². The van der Waals surface area contributed by atoms with Gasteiger partial charge in [-0.15, -0.1) is 0 Å². The summed E-state index contributed by atoms with van der Waals surface area (Å²) in [7, 11) is 0.994. The summed E-state index contributed by atoms with van der Waals surface area (Å²) in [4.78, 5) is 25.4. The molecule has 0 saturated heterocycles. The molecule has 1 heterocycles. The second kappa shape index (κ2) is 5.70. The standard InChI is InChI=1S/C14H12F3NO4/c1-3-22-12(19)7-4-5-8-9(6-7)18-11(14(15,16)17)10(8)13(20)21-2/h4-6,18H,3H2,1-2H3. The number of halogens is 3. The van der Waals surface area contributed by atoms with Crippen molar-refractivity contribution in [1.82, 2.24) is 4.98 Å². The average Bonchev–Trinajstić information content (AvgIpc) is 2.85. The molecule has 118 valence electrons. The van der Waals surface area contributed by atoms with Crippen molar-refractivity contribution in [2.24, 2.45) is 0 Å². The number of nitrogens with one attached hydrogen (secondary N) is 1. The van der Waals surface area contributed by atoms with Gasteiger partial charge in [-0.3, -0.25) is 0 Å². The number of rotatable bonds is 3. The fraction of sp³-hybridized carbons (Fsp3) is 0.286. The number of fused-ring (bicyclic) bond motifs is 1. The Morgan fingerprint density at radius 1 is 1.23 bits per heavy atom. The molecule has 8 heteroatoms. The maximum Gasteiger partial charge on any atom is 0.432 e. The molecule has 0 saturated carbocycles. The number of alkyl halides is 3. The number of hydrogen-bond acceptors (Lipinski definition) is 4. The van der Waals surface area contributed by atoms with Gasteiger partial charge in [0.15, 0.2) is 0 Å². The Labute approximate surface area is 123 Å². The molecule has 1 aromatic heterocycles. The van der Waals surface area contributed by atoms with Crippen molar-refractivity contribution in [1.29, 1.82) is 0 Å². The fourth-order valence-corrected chi connectivity index (χ4v) is 2.07. The smallest absolute Gasteiger partial charge is 0.432 e. The normalized spacial score (nSPS) is 11.5. The zero-order chi connectivity index (χ0) is 16.5. The van der Waals surface area contributed by atoms with Crippen molar-refractivity contribution in [2.75, 3.05) is 13.7 Å². The van der Waals surface area contributed by atoms with Crippen LogP contribution in [-0.4, -0.2) is 30.6 Å². The molecule has 0 aliphatic carbocycles. The Balaban J connectivity index is 2.65. The predicted octanol–water partition coefficient (Wildman–Crippen LogP) is 3.15. The summed E-state index contributed by atoms with van der Waals surface area (Å²) in [5.74, 6) is -1.77. The summed E-state index contributed by atoms with van der Waals surface area (Å²) >= 11 is 0. The van der Waals surface area contributed by atoms with Crippen LogP contribution in [0.1, 0.15) is 33.3 Å². The van der Waals surface area contributed by atoms with E-state index in [0.717, 1.165) is 7.11 Å². The lowest BCUT2D eigenvalue weighted by Crippen LogP contribution is -2.13. The minimum atomic E-state index is -4.76. The number of methoxy groups -OCH3 is 1. The maximum absolute atomic E-state index is 13.0. The predicted molar refractivity (Wildman–Crippen MR) is 70.6 cm³/mol. The third-order valence-corrected chi connectivity index (χ3v) is 2.98. The van der Waals surface area contributed by atoms with Crippen LogP contribution >= 0.6 is 0 Å². The minimum absolute atomic E-state index is 0.00159. The van der Waals surface area contributed by atoms with Gasteiger partial charge < -0.3 is 14.5 Å². The van der Waals surface area contributed by atoms with E-state index < -0.39 is 29.4 Å². The molecular formula is C14H12F3NO4. The monoisotopic (exact) mass is 315 g/mol. The van der Waals surface area contributed by atoms with E-state index in [1.54, 1.807) is 6.92 Å². The summed E-state index contributed by atoms with van der Waals surface area (Å²) < 4.78 is 48.3. The first-order valence-electron chi connectivity index (χ1n) is 6.28. The van der Waals surface area contributed by atoms with Gasteiger partial charge >= 0.3 is 18.1 Å². The SMILES string of the molecule is CCOC(=O)c1ccc2c(C(=O)OC)c(C(F)(F)F)[nH]c2c1. The van der Waals surface area contributed by atoms with Gasteiger partial charge in [0.25, 0.3) is 0 Å². The first-order valence-corrected chi connectivity index (χ1v) is 6.28. The molecule has 0 fully saturated rings. The van der Waals surface area contributed by atoms with Crippen LogP contribution in [-0.2, 0) is 15.7 Å². The fourth-order valence-electron chi connectivity index (χ4n) is 2.07. The summed E-state index contributed by atoms with van der Waals surface area (Å²) in [6.45, 7) is 1.75. The summed E-state index contributed by atoms with van der Waals surface area (Å²) in [6, 6.07) is 3.75. The minimum Gasteiger partial charge on any atom is -0.465 e. The number of ether oxygens (including phenoxy) is 2.